The van der Waals surface area contributed by atoms with Crippen LogP contribution in [0.2, 0.25) is 0 Å². The first-order valence-electron chi connectivity index (χ1n) is 10.5. The lowest BCUT2D eigenvalue weighted by Crippen LogP contribution is -2.51. The van der Waals surface area contributed by atoms with Crippen LogP contribution in [0.4, 0.5) is 0 Å². The molecule has 0 saturated heterocycles. The van der Waals surface area contributed by atoms with E-state index in [-0.39, 0.29) is 41.6 Å². The molecule has 30 heavy (non-hydrogen) atoms. The Balaban J connectivity index is 1.87. The lowest BCUT2D eigenvalue weighted by Gasteiger charge is -2.43. The number of nitrogens with zero attached hydrogens (tertiary/aromatic N) is 2. The Morgan fingerprint density at radius 1 is 1.10 bits per heavy atom. The minimum absolute atomic E-state index is 0.00335. The third kappa shape index (κ3) is 3.49. The third-order valence-corrected chi connectivity index (χ3v) is 6.15. The zero-order valence-electron chi connectivity index (χ0n) is 17.0. The van der Waals surface area contributed by atoms with E-state index in [2.05, 4.69) is 0 Å². The van der Waals surface area contributed by atoms with E-state index in [1.807, 2.05) is 42.2 Å². The fraction of sp³-hybridized carbons (Fsp3) is 0.435. The number of benzene rings is 1. The number of carboxylic acids is 1. The largest absolute Gasteiger partial charge is 0.483 e. The maximum Gasteiger partial charge on any atom is 0.341 e. The first kappa shape index (κ1) is 20.2. The predicted octanol–water partition coefficient (Wildman–Crippen LogP) is 3.48. The van der Waals surface area contributed by atoms with Gasteiger partial charge in [-0.15, -0.1) is 0 Å². The summed E-state index contributed by atoms with van der Waals surface area (Å²) in [4.78, 5) is 40.0. The third-order valence-electron chi connectivity index (χ3n) is 6.15. The normalized spacial score (nSPS) is 20.8. The molecule has 2 aliphatic rings. The molecule has 158 valence electrons. The molecule has 1 aliphatic carbocycles. The minimum atomic E-state index is -1.31. The van der Waals surface area contributed by atoms with Crippen LogP contribution < -0.4 is 10.2 Å². The monoisotopic (exact) mass is 410 g/mol. The highest BCUT2D eigenvalue weighted by atomic mass is 16.5. The van der Waals surface area contributed by atoms with Crippen molar-refractivity contribution in [2.24, 2.45) is 0 Å². The number of ether oxygens (including phenoxy) is 1. The van der Waals surface area contributed by atoms with Gasteiger partial charge in [0, 0.05) is 12.7 Å². The van der Waals surface area contributed by atoms with E-state index in [9.17, 15) is 19.5 Å². The fourth-order valence-electron chi connectivity index (χ4n) is 4.72. The van der Waals surface area contributed by atoms with Gasteiger partial charge in [-0.05, 0) is 25.3 Å². The molecular weight excluding hydrogens is 384 g/mol. The predicted molar refractivity (Wildman–Crippen MR) is 111 cm³/mol. The van der Waals surface area contributed by atoms with E-state index in [0.717, 1.165) is 37.7 Å². The number of carbonyl (C=O) groups excluding carboxylic acids is 1. The molecule has 2 atom stereocenters. The maximum atomic E-state index is 13.4. The first-order valence-corrected chi connectivity index (χ1v) is 10.5. The first-order chi connectivity index (χ1) is 14.5. The van der Waals surface area contributed by atoms with Gasteiger partial charge in [0.1, 0.15) is 12.2 Å². The van der Waals surface area contributed by atoms with E-state index in [1.54, 1.807) is 4.57 Å². The summed E-state index contributed by atoms with van der Waals surface area (Å²) in [7, 11) is 0. The second-order valence-electron chi connectivity index (χ2n) is 7.90. The fourth-order valence-corrected chi connectivity index (χ4v) is 4.72. The van der Waals surface area contributed by atoms with Crippen LogP contribution in [-0.4, -0.2) is 39.0 Å². The Labute approximate surface area is 174 Å². The number of carboxylic acid groups (broad SMARTS) is 1. The van der Waals surface area contributed by atoms with Crippen molar-refractivity contribution in [3.8, 4) is 5.75 Å². The summed E-state index contributed by atoms with van der Waals surface area (Å²) in [6, 6.07) is 9.24. The number of carbonyl (C=O) groups is 2. The van der Waals surface area contributed by atoms with Gasteiger partial charge in [-0.3, -0.25) is 9.59 Å². The molecule has 1 fully saturated rings. The molecule has 1 amide bonds. The Kier molecular flexibility index (Phi) is 5.61. The smallest absolute Gasteiger partial charge is 0.341 e. The van der Waals surface area contributed by atoms with Crippen LogP contribution in [0.15, 0.2) is 41.3 Å². The number of hydrogen-bond donors (Lipinski definition) is 1. The molecule has 0 radical (unpaired) electrons. The minimum Gasteiger partial charge on any atom is -0.483 e. The van der Waals surface area contributed by atoms with Gasteiger partial charge in [0.25, 0.3) is 5.91 Å². The van der Waals surface area contributed by atoms with Crippen molar-refractivity contribution in [3.05, 3.63) is 63.6 Å². The topological polar surface area (TPSA) is 88.8 Å². The number of rotatable bonds is 5. The number of hydrogen-bond acceptors (Lipinski definition) is 4. The molecule has 0 unspecified atom stereocenters. The van der Waals surface area contributed by atoms with Gasteiger partial charge in [0.05, 0.1) is 12.1 Å². The number of fused-ring (bicyclic) bond motifs is 3. The van der Waals surface area contributed by atoms with Crippen molar-refractivity contribution >= 4 is 11.9 Å². The molecule has 0 bridgehead atoms. The SMILES string of the molecule is CCN1C(=O)c2c(OCc3ccccc3)c(=O)c(C(=O)O)cn2[C@@H]2CCCCC[C@@H]21. The van der Waals surface area contributed by atoms with Crippen LogP contribution >= 0.6 is 0 Å². The molecule has 2 aromatic rings. The highest BCUT2D eigenvalue weighted by molar-refractivity contribution is 5.98. The highest BCUT2D eigenvalue weighted by Crippen LogP contribution is 2.38. The van der Waals surface area contributed by atoms with E-state index < -0.39 is 11.4 Å². The van der Waals surface area contributed by atoms with Crippen molar-refractivity contribution < 1.29 is 19.4 Å². The van der Waals surface area contributed by atoms with Crippen LogP contribution in [0.25, 0.3) is 0 Å². The van der Waals surface area contributed by atoms with Gasteiger partial charge in [-0.2, -0.15) is 0 Å². The van der Waals surface area contributed by atoms with Gasteiger partial charge in [-0.1, -0.05) is 49.6 Å². The van der Waals surface area contributed by atoms with Crippen LogP contribution in [0.1, 0.15) is 71.5 Å². The van der Waals surface area contributed by atoms with Crippen molar-refractivity contribution in [2.45, 2.75) is 57.7 Å². The Hall–Kier alpha value is -3.09. The van der Waals surface area contributed by atoms with Gasteiger partial charge in [-0.25, -0.2) is 4.79 Å². The lowest BCUT2D eigenvalue weighted by atomic mass is 9.95. The van der Waals surface area contributed by atoms with Crippen LogP contribution in [0.3, 0.4) is 0 Å². The summed E-state index contributed by atoms with van der Waals surface area (Å²) in [6.07, 6.45) is 6.17. The van der Waals surface area contributed by atoms with Gasteiger partial charge >= 0.3 is 5.97 Å². The summed E-state index contributed by atoms with van der Waals surface area (Å²) >= 11 is 0. The standard InChI is InChI=1S/C23H26N2O5/c1-2-24-17-11-7-4-8-12-18(17)25-13-16(23(28)29)20(26)21(19(25)22(24)27)30-14-15-9-5-3-6-10-15/h3,5-6,9-10,13,17-18H,2,4,7-8,11-12,14H2,1H3,(H,28,29)/t17-,18+/m0/s1. The number of pyridine rings is 1. The summed E-state index contributed by atoms with van der Waals surface area (Å²) in [6.45, 7) is 2.55. The molecule has 7 heteroatoms. The molecular formula is C23H26N2O5. The van der Waals surface area contributed by atoms with Gasteiger partial charge in [0.15, 0.2) is 11.4 Å². The van der Waals surface area contributed by atoms with Crippen LogP contribution in [0, 0.1) is 0 Å². The molecule has 1 saturated carbocycles. The average Bonchev–Trinajstić information content (AvgIpc) is 2.99. The second-order valence-corrected chi connectivity index (χ2v) is 7.90. The molecule has 7 nitrogen and oxygen atoms in total. The average molecular weight is 410 g/mol. The molecule has 1 N–H and O–H groups in total. The van der Waals surface area contributed by atoms with Gasteiger partial charge in [0.2, 0.25) is 5.43 Å². The summed E-state index contributed by atoms with van der Waals surface area (Å²) in [5, 5.41) is 9.63. The zero-order valence-corrected chi connectivity index (χ0v) is 17.0. The number of aromatic nitrogens is 1. The number of aromatic carboxylic acids is 1. The number of likely N-dealkylation sites (N-methyl/N-ethyl adjacent to an activating group) is 1. The number of amides is 1. The summed E-state index contributed by atoms with van der Waals surface area (Å²) in [5.41, 5.74) is -0.103. The van der Waals surface area contributed by atoms with Crippen molar-refractivity contribution in [2.75, 3.05) is 6.54 Å². The maximum absolute atomic E-state index is 13.4. The summed E-state index contributed by atoms with van der Waals surface area (Å²) < 4.78 is 7.56. The lowest BCUT2D eigenvalue weighted by molar-refractivity contribution is 0.0502. The van der Waals surface area contributed by atoms with Crippen LogP contribution in [-0.2, 0) is 6.61 Å². The van der Waals surface area contributed by atoms with E-state index in [0.29, 0.717) is 6.54 Å². The zero-order chi connectivity index (χ0) is 21.3. The van der Waals surface area contributed by atoms with Gasteiger partial charge < -0.3 is 19.3 Å². The summed E-state index contributed by atoms with van der Waals surface area (Å²) in [5.74, 6) is -1.74. The van der Waals surface area contributed by atoms with Crippen LogP contribution in [0.5, 0.6) is 5.75 Å². The van der Waals surface area contributed by atoms with E-state index in [1.165, 1.54) is 6.20 Å². The molecule has 1 aromatic carbocycles. The Morgan fingerprint density at radius 2 is 1.80 bits per heavy atom. The second kappa shape index (κ2) is 8.34. The van der Waals surface area contributed by atoms with Crippen molar-refractivity contribution in [1.29, 1.82) is 0 Å². The molecule has 0 spiro atoms. The molecule has 1 aromatic heterocycles. The van der Waals surface area contributed by atoms with Crippen molar-refractivity contribution in [3.63, 3.8) is 0 Å². The molecule has 4 rings (SSSR count). The molecule has 2 heterocycles. The quantitative estimate of drug-likeness (QED) is 0.815. The van der Waals surface area contributed by atoms with E-state index in [4.69, 9.17) is 4.74 Å². The molecule has 1 aliphatic heterocycles. The van der Waals surface area contributed by atoms with Crippen molar-refractivity contribution in [1.82, 2.24) is 9.47 Å². The Bertz CT molecular complexity index is 1010. The Morgan fingerprint density at radius 3 is 2.47 bits per heavy atom. The highest BCUT2D eigenvalue weighted by Gasteiger charge is 2.42. The van der Waals surface area contributed by atoms with E-state index >= 15 is 0 Å².